The summed E-state index contributed by atoms with van der Waals surface area (Å²) >= 11 is 6.88. The van der Waals surface area contributed by atoms with Gasteiger partial charge in [-0.15, -0.1) is 0 Å². The molecule has 0 unspecified atom stereocenters. The van der Waals surface area contributed by atoms with Crippen molar-refractivity contribution >= 4 is 50.0 Å². The highest BCUT2D eigenvalue weighted by Crippen LogP contribution is 2.34. The van der Waals surface area contributed by atoms with Gasteiger partial charge in [0.1, 0.15) is 0 Å². The summed E-state index contributed by atoms with van der Waals surface area (Å²) in [7, 11) is 0. The fourth-order valence-electron chi connectivity index (χ4n) is 2.09. The van der Waals surface area contributed by atoms with Crippen molar-refractivity contribution in [1.82, 2.24) is 4.98 Å². The average Bonchev–Trinajstić information content (AvgIpc) is 2.97. The predicted molar refractivity (Wildman–Crippen MR) is 93.4 cm³/mol. The third-order valence-corrected chi connectivity index (χ3v) is 4.53. The van der Waals surface area contributed by atoms with Crippen LogP contribution in [-0.4, -0.2) is 11.0 Å². The van der Waals surface area contributed by atoms with Crippen LogP contribution in [0.4, 0.5) is 28.8 Å². The lowest BCUT2D eigenvalue weighted by Crippen LogP contribution is -2.19. The van der Waals surface area contributed by atoms with E-state index in [-0.39, 0.29) is 15.8 Å². The molecule has 3 rings (SSSR count). The standard InChI is InChI=1S/C16H8ClF3N4OS/c17-10-5-8(7-21)1-3-11(10)22-14(25)24-15-23-12-4-2-9(16(18,19)20)6-13(12)26-15/h1-6H,(H2,22,23,24,25). The molecular weight excluding hydrogens is 389 g/mol. The first-order valence-corrected chi connectivity index (χ1v) is 8.21. The molecule has 0 fully saturated rings. The van der Waals surface area contributed by atoms with Gasteiger partial charge < -0.3 is 5.32 Å². The largest absolute Gasteiger partial charge is 0.416 e. The van der Waals surface area contributed by atoms with Gasteiger partial charge in [0.05, 0.1) is 38.1 Å². The highest BCUT2D eigenvalue weighted by Gasteiger charge is 2.30. The Morgan fingerprint density at radius 3 is 2.62 bits per heavy atom. The summed E-state index contributed by atoms with van der Waals surface area (Å²) in [6.45, 7) is 0. The normalized spacial score (nSPS) is 11.2. The Morgan fingerprint density at radius 1 is 1.19 bits per heavy atom. The molecule has 0 bridgehead atoms. The highest BCUT2D eigenvalue weighted by atomic mass is 35.5. The number of thiazole rings is 1. The van der Waals surface area contributed by atoms with E-state index in [0.29, 0.717) is 15.8 Å². The van der Waals surface area contributed by atoms with Crippen molar-refractivity contribution in [2.45, 2.75) is 6.18 Å². The molecule has 2 aromatic carbocycles. The summed E-state index contributed by atoms with van der Waals surface area (Å²) in [5, 5.41) is 14.0. The van der Waals surface area contributed by atoms with Crippen molar-refractivity contribution in [3.05, 3.63) is 52.5 Å². The number of hydrogen-bond donors (Lipinski definition) is 2. The van der Waals surface area contributed by atoms with Gasteiger partial charge in [0.25, 0.3) is 0 Å². The van der Waals surface area contributed by atoms with Gasteiger partial charge in [0.15, 0.2) is 5.13 Å². The summed E-state index contributed by atoms with van der Waals surface area (Å²) in [5.41, 5.74) is 0.181. The fraction of sp³-hybridized carbons (Fsp3) is 0.0625. The summed E-state index contributed by atoms with van der Waals surface area (Å²) in [4.78, 5) is 16.1. The second-order valence-corrected chi connectivity index (χ2v) is 6.52. The fourth-order valence-corrected chi connectivity index (χ4v) is 3.22. The molecule has 0 atom stereocenters. The Balaban J connectivity index is 1.76. The van der Waals surface area contributed by atoms with Gasteiger partial charge in [-0.1, -0.05) is 22.9 Å². The van der Waals surface area contributed by atoms with Crippen LogP contribution in [0, 0.1) is 11.3 Å². The number of carbonyl (C=O) groups excluding carboxylic acids is 1. The van der Waals surface area contributed by atoms with E-state index in [2.05, 4.69) is 15.6 Å². The summed E-state index contributed by atoms with van der Waals surface area (Å²) in [5.74, 6) is 0. The number of anilines is 2. The zero-order valence-corrected chi connectivity index (χ0v) is 14.3. The first-order chi connectivity index (χ1) is 12.3. The van der Waals surface area contributed by atoms with Crippen molar-refractivity contribution in [3.63, 3.8) is 0 Å². The molecule has 1 aromatic heterocycles. The van der Waals surface area contributed by atoms with E-state index < -0.39 is 17.8 Å². The number of urea groups is 1. The first kappa shape index (κ1) is 18.0. The van der Waals surface area contributed by atoms with E-state index in [1.807, 2.05) is 6.07 Å². The molecule has 0 aliphatic rings. The lowest BCUT2D eigenvalue weighted by atomic mass is 10.2. The van der Waals surface area contributed by atoms with Gasteiger partial charge in [0, 0.05) is 0 Å². The molecular formula is C16H8ClF3N4OS. The Kier molecular flexibility index (Phi) is 4.71. The maximum Gasteiger partial charge on any atom is 0.416 e. The molecule has 132 valence electrons. The van der Waals surface area contributed by atoms with Crippen LogP contribution in [0.5, 0.6) is 0 Å². The number of fused-ring (bicyclic) bond motifs is 1. The molecule has 0 radical (unpaired) electrons. The van der Waals surface area contributed by atoms with Crippen LogP contribution >= 0.6 is 22.9 Å². The summed E-state index contributed by atoms with van der Waals surface area (Å²) in [6, 6.07) is 8.76. The first-order valence-electron chi connectivity index (χ1n) is 7.02. The molecule has 0 aliphatic heterocycles. The quantitative estimate of drug-likeness (QED) is 0.601. The van der Waals surface area contributed by atoms with Crippen molar-refractivity contribution in [2.24, 2.45) is 0 Å². The number of nitriles is 1. The second-order valence-electron chi connectivity index (χ2n) is 5.08. The number of halogens is 4. The number of alkyl halides is 3. The topological polar surface area (TPSA) is 77.8 Å². The zero-order chi connectivity index (χ0) is 18.9. The molecule has 10 heteroatoms. The predicted octanol–water partition coefficient (Wildman–Crippen LogP) is 5.48. The van der Waals surface area contributed by atoms with Gasteiger partial charge in [-0.05, 0) is 36.4 Å². The SMILES string of the molecule is N#Cc1ccc(NC(=O)Nc2nc3ccc(C(F)(F)F)cc3s2)c(Cl)c1. The van der Waals surface area contributed by atoms with E-state index in [1.165, 1.54) is 24.3 Å². The molecule has 2 N–H and O–H groups in total. The molecule has 0 spiro atoms. The summed E-state index contributed by atoms with van der Waals surface area (Å²) in [6.07, 6.45) is -4.45. The zero-order valence-electron chi connectivity index (χ0n) is 12.7. The number of nitrogens with zero attached hydrogens (tertiary/aromatic N) is 2. The van der Waals surface area contributed by atoms with E-state index >= 15 is 0 Å². The third-order valence-electron chi connectivity index (χ3n) is 3.28. The third kappa shape index (κ3) is 3.87. The Hall–Kier alpha value is -2.83. The molecule has 1 heterocycles. The van der Waals surface area contributed by atoms with Crippen LogP contribution in [0.15, 0.2) is 36.4 Å². The van der Waals surface area contributed by atoms with Crippen LogP contribution < -0.4 is 10.6 Å². The minimum Gasteiger partial charge on any atom is -0.306 e. The van der Waals surface area contributed by atoms with Gasteiger partial charge in [-0.3, -0.25) is 5.32 Å². The maximum atomic E-state index is 12.7. The number of benzene rings is 2. The lowest BCUT2D eigenvalue weighted by molar-refractivity contribution is -0.137. The Labute approximate surface area is 154 Å². The monoisotopic (exact) mass is 396 g/mol. The van der Waals surface area contributed by atoms with Crippen LogP contribution in [0.3, 0.4) is 0 Å². The van der Waals surface area contributed by atoms with Gasteiger partial charge >= 0.3 is 12.2 Å². The Bertz CT molecular complexity index is 1040. The maximum absolute atomic E-state index is 12.7. The van der Waals surface area contributed by atoms with Crippen molar-refractivity contribution < 1.29 is 18.0 Å². The average molecular weight is 397 g/mol. The smallest absolute Gasteiger partial charge is 0.306 e. The number of carbonyl (C=O) groups is 1. The molecule has 5 nitrogen and oxygen atoms in total. The van der Waals surface area contributed by atoms with Gasteiger partial charge in [-0.25, -0.2) is 9.78 Å². The number of rotatable bonds is 2. The van der Waals surface area contributed by atoms with E-state index in [9.17, 15) is 18.0 Å². The van der Waals surface area contributed by atoms with Crippen LogP contribution in [0.1, 0.15) is 11.1 Å². The van der Waals surface area contributed by atoms with Gasteiger partial charge in [-0.2, -0.15) is 18.4 Å². The van der Waals surface area contributed by atoms with Crippen LogP contribution in [-0.2, 0) is 6.18 Å². The van der Waals surface area contributed by atoms with E-state index in [1.54, 1.807) is 0 Å². The van der Waals surface area contributed by atoms with Crippen molar-refractivity contribution in [3.8, 4) is 6.07 Å². The molecule has 3 aromatic rings. The van der Waals surface area contributed by atoms with E-state index in [0.717, 1.165) is 23.5 Å². The number of amides is 2. The minimum atomic E-state index is -4.45. The molecule has 2 amide bonds. The number of nitrogens with one attached hydrogen (secondary N) is 2. The molecule has 26 heavy (non-hydrogen) atoms. The molecule has 0 saturated carbocycles. The van der Waals surface area contributed by atoms with Crippen LogP contribution in [0.2, 0.25) is 5.02 Å². The van der Waals surface area contributed by atoms with Gasteiger partial charge in [0.2, 0.25) is 0 Å². The minimum absolute atomic E-state index is 0.140. The van der Waals surface area contributed by atoms with Crippen LogP contribution in [0.25, 0.3) is 10.2 Å². The lowest BCUT2D eigenvalue weighted by Gasteiger charge is -2.07. The molecule has 0 saturated heterocycles. The number of aromatic nitrogens is 1. The summed E-state index contributed by atoms with van der Waals surface area (Å²) < 4.78 is 38.5. The van der Waals surface area contributed by atoms with Crippen molar-refractivity contribution in [1.29, 1.82) is 5.26 Å². The Morgan fingerprint density at radius 2 is 1.96 bits per heavy atom. The highest BCUT2D eigenvalue weighted by molar-refractivity contribution is 7.22. The number of hydrogen-bond acceptors (Lipinski definition) is 4. The van der Waals surface area contributed by atoms with Crippen molar-refractivity contribution in [2.75, 3.05) is 10.6 Å². The van der Waals surface area contributed by atoms with E-state index in [4.69, 9.17) is 16.9 Å². The second kappa shape index (κ2) is 6.82. The molecule has 0 aliphatic carbocycles.